The average Bonchev–Trinajstić information content (AvgIpc) is 3.36. The van der Waals surface area contributed by atoms with E-state index in [1.165, 1.54) is 52.1 Å². The monoisotopic (exact) mass is 568 g/mol. The van der Waals surface area contributed by atoms with Crippen LogP contribution in [0.1, 0.15) is 98.3 Å². The standard InChI is InChI=1S/C29H45ClN2O7/c1-6-7-8-9-10-11-12-13-14-15-18-29(34)26-25(36-28(3,4)38-26)24(37-29)20(2)32-39-27(33)31-22-17-16-21(30)19-23(22)35-5/h16-17,19,24-26,34H,6-15,18H2,1-5H3,(H,31,33)/b32-20+/t24-,25+,26+,29+/m1/s1. The van der Waals surface area contributed by atoms with E-state index in [-0.39, 0.29) is 0 Å². The van der Waals surface area contributed by atoms with Gasteiger partial charge in [0.05, 0.1) is 18.5 Å². The van der Waals surface area contributed by atoms with Crippen LogP contribution < -0.4 is 10.1 Å². The highest BCUT2D eigenvalue weighted by Gasteiger charge is 2.62. The minimum absolute atomic E-state index is 0.350. The van der Waals surface area contributed by atoms with Gasteiger partial charge in [-0.15, -0.1) is 0 Å². The number of unbranched alkanes of at least 4 members (excludes halogenated alkanes) is 9. The summed E-state index contributed by atoms with van der Waals surface area (Å²) in [5, 5.41) is 18.5. The van der Waals surface area contributed by atoms with E-state index < -0.39 is 36.0 Å². The lowest BCUT2D eigenvalue weighted by atomic mass is 9.98. The maximum Gasteiger partial charge on any atom is 0.437 e. The van der Waals surface area contributed by atoms with Crippen LogP contribution in [-0.2, 0) is 19.0 Å². The molecule has 1 aromatic rings. The lowest BCUT2D eigenvalue weighted by molar-refractivity contribution is -0.269. The van der Waals surface area contributed by atoms with E-state index in [9.17, 15) is 9.90 Å². The smallest absolute Gasteiger partial charge is 0.437 e. The first kappa shape index (κ1) is 31.6. The second-order valence-corrected chi connectivity index (χ2v) is 11.4. The van der Waals surface area contributed by atoms with Crippen molar-refractivity contribution in [3.05, 3.63) is 23.2 Å². The Bertz CT molecular complexity index is 973. The highest BCUT2D eigenvalue weighted by atomic mass is 35.5. The van der Waals surface area contributed by atoms with E-state index in [2.05, 4.69) is 17.4 Å². The van der Waals surface area contributed by atoms with Gasteiger partial charge in [-0.3, -0.25) is 10.2 Å². The summed E-state index contributed by atoms with van der Waals surface area (Å²) in [6, 6.07) is 4.80. The van der Waals surface area contributed by atoms with E-state index in [0.717, 1.165) is 19.3 Å². The maximum absolute atomic E-state index is 12.4. The molecular weight excluding hydrogens is 524 g/mol. The predicted molar refractivity (Wildman–Crippen MR) is 151 cm³/mol. The number of carbonyl (C=O) groups is 1. The van der Waals surface area contributed by atoms with Gasteiger partial charge in [0.15, 0.2) is 11.6 Å². The second kappa shape index (κ2) is 14.6. The zero-order valence-corrected chi connectivity index (χ0v) is 24.7. The molecular formula is C29H45ClN2O7. The molecule has 1 amide bonds. The Kier molecular flexibility index (Phi) is 11.9. The number of hydrogen-bond donors (Lipinski definition) is 2. The summed E-state index contributed by atoms with van der Waals surface area (Å²) in [6.07, 6.45) is 9.59. The molecule has 9 nitrogen and oxygen atoms in total. The molecule has 0 saturated carbocycles. The SMILES string of the molecule is CCCCCCCCCCCC[C@]1(O)O[C@H](/C(C)=N/OC(=O)Nc2ccc(Cl)cc2OC)[C@@H]2OC(C)(C)O[C@@H]21. The summed E-state index contributed by atoms with van der Waals surface area (Å²) in [5.74, 6) is -2.01. The largest absolute Gasteiger partial charge is 0.495 e. The highest BCUT2D eigenvalue weighted by Crippen LogP contribution is 2.45. The molecule has 2 fully saturated rings. The van der Waals surface area contributed by atoms with Crippen molar-refractivity contribution in [2.75, 3.05) is 12.4 Å². The van der Waals surface area contributed by atoms with Crippen LogP contribution in [0, 0.1) is 0 Å². The van der Waals surface area contributed by atoms with Crippen LogP contribution in [-0.4, -0.2) is 53.9 Å². The minimum Gasteiger partial charge on any atom is -0.495 e. The fourth-order valence-corrected chi connectivity index (χ4v) is 5.33. The fourth-order valence-electron chi connectivity index (χ4n) is 5.17. The number of amides is 1. The number of methoxy groups -OCH3 is 1. The predicted octanol–water partition coefficient (Wildman–Crippen LogP) is 7.19. The second-order valence-electron chi connectivity index (χ2n) is 10.9. The van der Waals surface area contributed by atoms with Gasteiger partial charge in [-0.25, -0.2) is 4.79 Å². The first-order valence-corrected chi connectivity index (χ1v) is 14.6. The molecule has 0 aromatic heterocycles. The van der Waals surface area contributed by atoms with E-state index in [1.54, 1.807) is 39.0 Å². The number of carbonyl (C=O) groups excluding carboxylic acids is 1. The van der Waals surface area contributed by atoms with Gasteiger partial charge < -0.3 is 24.1 Å². The molecule has 2 heterocycles. The Morgan fingerprint density at radius 2 is 1.69 bits per heavy atom. The Balaban J connectivity index is 1.52. The molecule has 2 saturated heterocycles. The summed E-state index contributed by atoms with van der Waals surface area (Å²) in [7, 11) is 1.47. The number of rotatable bonds is 15. The molecule has 3 rings (SSSR count). The van der Waals surface area contributed by atoms with Crippen molar-refractivity contribution in [2.24, 2.45) is 5.16 Å². The summed E-state index contributed by atoms with van der Waals surface area (Å²) in [4.78, 5) is 17.5. The number of nitrogens with zero attached hydrogens (tertiary/aromatic N) is 1. The van der Waals surface area contributed by atoms with Gasteiger partial charge in [0.25, 0.3) is 0 Å². The van der Waals surface area contributed by atoms with Crippen LogP contribution in [0.4, 0.5) is 10.5 Å². The molecule has 1 aromatic carbocycles. The normalized spacial score (nSPS) is 25.9. The number of aliphatic hydroxyl groups is 1. The van der Waals surface area contributed by atoms with Crippen molar-refractivity contribution in [1.29, 1.82) is 0 Å². The number of fused-ring (bicyclic) bond motifs is 1. The first-order chi connectivity index (χ1) is 18.6. The molecule has 2 N–H and O–H groups in total. The van der Waals surface area contributed by atoms with Crippen LogP contribution in [0.2, 0.25) is 5.02 Å². The van der Waals surface area contributed by atoms with Gasteiger partial charge in [-0.1, -0.05) is 81.5 Å². The van der Waals surface area contributed by atoms with Crippen LogP contribution in [0.3, 0.4) is 0 Å². The Morgan fingerprint density at radius 3 is 2.33 bits per heavy atom. The highest BCUT2D eigenvalue weighted by molar-refractivity contribution is 6.30. The van der Waals surface area contributed by atoms with E-state index in [4.69, 9.17) is 35.4 Å². The number of benzene rings is 1. The van der Waals surface area contributed by atoms with Gasteiger partial charge >= 0.3 is 6.09 Å². The van der Waals surface area contributed by atoms with Gasteiger partial charge in [-0.2, -0.15) is 0 Å². The van der Waals surface area contributed by atoms with Crippen molar-refractivity contribution in [2.45, 2.75) is 128 Å². The number of oxime groups is 1. The van der Waals surface area contributed by atoms with Crippen molar-refractivity contribution >= 4 is 29.1 Å². The molecule has 0 bridgehead atoms. The van der Waals surface area contributed by atoms with Crippen LogP contribution >= 0.6 is 11.6 Å². The third kappa shape index (κ3) is 9.05. The third-order valence-electron chi connectivity index (χ3n) is 7.18. The maximum atomic E-state index is 12.4. The van der Waals surface area contributed by atoms with E-state index in [0.29, 0.717) is 28.6 Å². The van der Waals surface area contributed by atoms with Gasteiger partial charge in [0.1, 0.15) is 24.1 Å². The van der Waals surface area contributed by atoms with Crippen LogP contribution in [0.25, 0.3) is 0 Å². The third-order valence-corrected chi connectivity index (χ3v) is 7.41. The summed E-state index contributed by atoms with van der Waals surface area (Å²) >= 11 is 5.97. The van der Waals surface area contributed by atoms with Crippen molar-refractivity contribution in [3.63, 3.8) is 0 Å². The molecule has 10 heteroatoms. The number of hydrogen-bond acceptors (Lipinski definition) is 8. The zero-order chi connectivity index (χ0) is 28.5. The minimum atomic E-state index is -1.51. The Morgan fingerprint density at radius 1 is 1.05 bits per heavy atom. The lowest BCUT2D eigenvalue weighted by Crippen LogP contribution is -2.43. The van der Waals surface area contributed by atoms with Crippen LogP contribution in [0.5, 0.6) is 5.75 Å². The topological polar surface area (TPSA) is 108 Å². The number of anilines is 1. The first-order valence-electron chi connectivity index (χ1n) is 14.2. The Labute approximate surface area is 237 Å². The van der Waals surface area contributed by atoms with Gasteiger partial charge in [0, 0.05) is 17.5 Å². The summed E-state index contributed by atoms with van der Waals surface area (Å²) < 4.78 is 23.4. The van der Waals surface area contributed by atoms with Gasteiger partial charge in [0.2, 0.25) is 0 Å². The number of ether oxygens (including phenoxy) is 4. The summed E-state index contributed by atoms with van der Waals surface area (Å²) in [5.41, 5.74) is 0.737. The molecule has 0 aliphatic carbocycles. The molecule has 2 aliphatic heterocycles. The zero-order valence-electron chi connectivity index (χ0n) is 24.0. The quantitative estimate of drug-likeness (QED) is 0.0997. The average molecular weight is 569 g/mol. The van der Waals surface area contributed by atoms with Crippen LogP contribution in [0.15, 0.2) is 23.4 Å². The molecule has 4 atom stereocenters. The van der Waals surface area contributed by atoms with Crippen molar-refractivity contribution in [1.82, 2.24) is 0 Å². The van der Waals surface area contributed by atoms with Crippen molar-refractivity contribution < 1.29 is 33.7 Å². The molecule has 39 heavy (non-hydrogen) atoms. The molecule has 220 valence electrons. The molecule has 0 unspecified atom stereocenters. The molecule has 0 spiro atoms. The van der Waals surface area contributed by atoms with Gasteiger partial charge in [-0.05, 0) is 39.3 Å². The fraction of sp³-hybridized carbons (Fsp3) is 0.724. The lowest BCUT2D eigenvalue weighted by Gasteiger charge is -2.30. The van der Waals surface area contributed by atoms with E-state index in [1.807, 2.05) is 0 Å². The molecule has 2 aliphatic rings. The Hall–Kier alpha value is -1.91. The number of halogens is 1. The van der Waals surface area contributed by atoms with E-state index >= 15 is 0 Å². The number of nitrogens with one attached hydrogen (secondary N) is 1. The molecule has 0 radical (unpaired) electrons. The van der Waals surface area contributed by atoms with Crippen molar-refractivity contribution in [3.8, 4) is 5.75 Å². The summed E-state index contributed by atoms with van der Waals surface area (Å²) in [6.45, 7) is 7.51.